The van der Waals surface area contributed by atoms with Crippen molar-refractivity contribution in [3.05, 3.63) is 88.3 Å². The number of amides is 1. The molecule has 7 heteroatoms. The summed E-state index contributed by atoms with van der Waals surface area (Å²) >= 11 is 3.37. The molecule has 1 atom stereocenters. The van der Waals surface area contributed by atoms with Crippen LogP contribution in [-0.2, 0) is 15.6 Å². The van der Waals surface area contributed by atoms with Gasteiger partial charge in [0.15, 0.2) is 15.6 Å². The summed E-state index contributed by atoms with van der Waals surface area (Å²) in [5.41, 5.74) is 1.26. The average Bonchev–Trinajstić information content (AvgIpc) is 3.10. The Morgan fingerprint density at radius 1 is 1.07 bits per heavy atom. The van der Waals surface area contributed by atoms with Crippen LogP contribution in [-0.4, -0.2) is 14.3 Å². The third kappa shape index (κ3) is 4.67. The number of sulfone groups is 1. The van der Waals surface area contributed by atoms with Gasteiger partial charge in [0.25, 0.3) is 5.91 Å². The molecule has 3 rings (SSSR count). The van der Waals surface area contributed by atoms with Gasteiger partial charge in [-0.1, -0.05) is 46.3 Å². The molecule has 0 aliphatic carbocycles. The van der Waals surface area contributed by atoms with E-state index in [9.17, 15) is 13.2 Å². The number of carbonyl (C=O) groups excluding carboxylic acids is 1. The molecule has 0 saturated heterocycles. The van der Waals surface area contributed by atoms with Crippen LogP contribution in [0.25, 0.3) is 0 Å². The van der Waals surface area contributed by atoms with Crippen molar-refractivity contribution in [3.8, 4) is 0 Å². The fourth-order valence-electron chi connectivity index (χ4n) is 2.66. The van der Waals surface area contributed by atoms with Crippen molar-refractivity contribution >= 4 is 31.7 Å². The topological polar surface area (TPSA) is 76.4 Å². The van der Waals surface area contributed by atoms with E-state index in [2.05, 4.69) is 21.2 Å². The Labute approximate surface area is 166 Å². The van der Waals surface area contributed by atoms with Gasteiger partial charge in [-0.05, 0) is 42.8 Å². The zero-order valence-corrected chi connectivity index (χ0v) is 17.0. The SMILES string of the molecule is C[C@@H](NC(=O)c1occc1CS(=O)(=O)c1ccccc1)c1ccc(Br)cc1. The van der Waals surface area contributed by atoms with Gasteiger partial charge in [-0.25, -0.2) is 8.42 Å². The number of nitrogens with one attached hydrogen (secondary N) is 1. The molecule has 140 valence electrons. The summed E-state index contributed by atoms with van der Waals surface area (Å²) < 4.78 is 31.4. The molecule has 1 amide bonds. The predicted octanol–water partition coefficient (Wildman–Crippen LogP) is 4.51. The highest BCUT2D eigenvalue weighted by Gasteiger charge is 2.23. The lowest BCUT2D eigenvalue weighted by atomic mass is 10.1. The summed E-state index contributed by atoms with van der Waals surface area (Å²) in [6.07, 6.45) is 1.33. The second kappa shape index (κ2) is 8.10. The number of furan rings is 1. The maximum Gasteiger partial charge on any atom is 0.287 e. The molecule has 3 aromatic rings. The molecule has 0 spiro atoms. The number of hydrogen-bond donors (Lipinski definition) is 1. The molecule has 2 aromatic carbocycles. The fraction of sp³-hybridized carbons (Fsp3) is 0.150. The Balaban J connectivity index is 1.76. The Bertz CT molecular complexity index is 1030. The normalized spacial score (nSPS) is 12.5. The molecule has 0 aliphatic heterocycles. The Morgan fingerprint density at radius 2 is 1.74 bits per heavy atom. The largest absolute Gasteiger partial charge is 0.459 e. The molecular weight excluding hydrogens is 430 g/mol. The van der Waals surface area contributed by atoms with Crippen molar-refractivity contribution in [2.45, 2.75) is 23.6 Å². The zero-order chi connectivity index (χ0) is 19.4. The van der Waals surface area contributed by atoms with E-state index in [1.54, 1.807) is 18.2 Å². The summed E-state index contributed by atoms with van der Waals surface area (Å²) in [7, 11) is -3.57. The third-order valence-corrected chi connectivity index (χ3v) is 6.33. The third-order valence-electron chi connectivity index (χ3n) is 4.12. The van der Waals surface area contributed by atoms with Crippen LogP contribution in [0.2, 0.25) is 0 Å². The first-order chi connectivity index (χ1) is 12.9. The van der Waals surface area contributed by atoms with Gasteiger partial charge in [0, 0.05) is 10.0 Å². The molecule has 0 aliphatic rings. The van der Waals surface area contributed by atoms with Crippen LogP contribution in [0.15, 0.2) is 80.7 Å². The first kappa shape index (κ1) is 19.4. The van der Waals surface area contributed by atoms with Crippen LogP contribution in [0.4, 0.5) is 0 Å². The number of hydrogen-bond acceptors (Lipinski definition) is 4. The molecule has 0 radical (unpaired) electrons. The van der Waals surface area contributed by atoms with Crippen LogP contribution >= 0.6 is 15.9 Å². The summed E-state index contributed by atoms with van der Waals surface area (Å²) in [6.45, 7) is 1.85. The minimum absolute atomic E-state index is 0.0125. The summed E-state index contributed by atoms with van der Waals surface area (Å²) in [4.78, 5) is 12.8. The molecule has 27 heavy (non-hydrogen) atoms. The second-order valence-corrected chi connectivity index (χ2v) is 9.00. The summed E-state index contributed by atoms with van der Waals surface area (Å²) in [5.74, 6) is -0.740. The number of halogens is 1. The predicted molar refractivity (Wildman–Crippen MR) is 106 cm³/mol. The van der Waals surface area contributed by atoms with Gasteiger partial charge in [0.2, 0.25) is 0 Å². The Hall–Kier alpha value is -2.38. The molecule has 1 aromatic heterocycles. The van der Waals surface area contributed by atoms with Crippen molar-refractivity contribution in [1.29, 1.82) is 0 Å². The van der Waals surface area contributed by atoms with Crippen LogP contribution in [0, 0.1) is 0 Å². The van der Waals surface area contributed by atoms with Crippen molar-refractivity contribution in [3.63, 3.8) is 0 Å². The van der Waals surface area contributed by atoms with Gasteiger partial charge in [-0.3, -0.25) is 4.79 Å². The van der Waals surface area contributed by atoms with Crippen molar-refractivity contribution < 1.29 is 17.6 Å². The Morgan fingerprint density at radius 3 is 2.41 bits per heavy atom. The van der Waals surface area contributed by atoms with Crippen molar-refractivity contribution in [2.24, 2.45) is 0 Å². The second-order valence-electron chi connectivity index (χ2n) is 6.09. The van der Waals surface area contributed by atoms with Crippen LogP contribution < -0.4 is 5.32 Å². The quantitative estimate of drug-likeness (QED) is 0.602. The van der Waals surface area contributed by atoms with E-state index in [1.165, 1.54) is 24.5 Å². The standard InChI is InChI=1S/C20H18BrNO4S/c1-14(15-7-9-17(21)10-8-15)22-20(23)19-16(11-12-26-19)13-27(24,25)18-5-3-2-4-6-18/h2-12,14H,13H2,1H3,(H,22,23)/t14-/m1/s1. The number of rotatable bonds is 6. The number of carbonyl (C=O) groups is 1. The van der Waals surface area contributed by atoms with Gasteiger partial charge in [-0.15, -0.1) is 0 Å². The minimum atomic E-state index is -3.57. The van der Waals surface area contributed by atoms with Crippen LogP contribution in [0.5, 0.6) is 0 Å². The highest BCUT2D eigenvalue weighted by molar-refractivity contribution is 9.10. The minimum Gasteiger partial charge on any atom is -0.459 e. The average molecular weight is 448 g/mol. The van der Waals surface area contributed by atoms with E-state index < -0.39 is 15.7 Å². The molecule has 5 nitrogen and oxygen atoms in total. The van der Waals surface area contributed by atoms with Gasteiger partial charge < -0.3 is 9.73 Å². The lowest BCUT2D eigenvalue weighted by Crippen LogP contribution is -2.27. The van der Waals surface area contributed by atoms with E-state index in [-0.39, 0.29) is 22.5 Å². The smallest absolute Gasteiger partial charge is 0.287 e. The number of benzene rings is 2. The first-order valence-electron chi connectivity index (χ1n) is 8.27. The van der Waals surface area contributed by atoms with E-state index in [4.69, 9.17) is 4.42 Å². The van der Waals surface area contributed by atoms with Gasteiger partial charge in [-0.2, -0.15) is 0 Å². The van der Waals surface area contributed by atoms with E-state index in [0.717, 1.165) is 10.0 Å². The molecule has 0 fully saturated rings. The molecule has 1 heterocycles. The van der Waals surface area contributed by atoms with Gasteiger partial charge in [0.1, 0.15) is 0 Å². The van der Waals surface area contributed by atoms with E-state index >= 15 is 0 Å². The highest BCUT2D eigenvalue weighted by Crippen LogP contribution is 2.21. The molecular formula is C20H18BrNO4S. The molecule has 0 unspecified atom stereocenters. The maximum absolute atomic E-state index is 12.6. The van der Waals surface area contributed by atoms with Crippen LogP contribution in [0.1, 0.15) is 34.6 Å². The zero-order valence-electron chi connectivity index (χ0n) is 14.6. The monoisotopic (exact) mass is 447 g/mol. The van der Waals surface area contributed by atoms with Crippen molar-refractivity contribution in [2.75, 3.05) is 0 Å². The fourth-order valence-corrected chi connectivity index (χ4v) is 4.30. The lowest BCUT2D eigenvalue weighted by molar-refractivity contribution is 0.0911. The summed E-state index contributed by atoms with van der Waals surface area (Å²) in [6, 6.07) is 17.0. The summed E-state index contributed by atoms with van der Waals surface area (Å²) in [5, 5.41) is 2.84. The van der Waals surface area contributed by atoms with Gasteiger partial charge >= 0.3 is 0 Å². The van der Waals surface area contributed by atoms with Crippen LogP contribution in [0.3, 0.4) is 0 Å². The maximum atomic E-state index is 12.6. The molecule has 1 N–H and O–H groups in total. The van der Waals surface area contributed by atoms with Gasteiger partial charge in [0.05, 0.1) is 23.0 Å². The highest BCUT2D eigenvalue weighted by atomic mass is 79.9. The van der Waals surface area contributed by atoms with E-state index in [1.807, 2.05) is 31.2 Å². The Kier molecular flexibility index (Phi) is 5.82. The first-order valence-corrected chi connectivity index (χ1v) is 10.7. The molecule has 0 bridgehead atoms. The van der Waals surface area contributed by atoms with Crippen molar-refractivity contribution in [1.82, 2.24) is 5.32 Å². The van der Waals surface area contributed by atoms with E-state index in [0.29, 0.717) is 5.56 Å². The lowest BCUT2D eigenvalue weighted by Gasteiger charge is -2.14. The molecule has 0 saturated carbocycles.